The quantitative estimate of drug-likeness (QED) is 0.0427. The average molecular weight is 1250 g/mol. The van der Waals surface area contributed by atoms with Crippen molar-refractivity contribution in [2.24, 2.45) is 29.6 Å². The minimum atomic E-state index is -2.05. The van der Waals surface area contributed by atoms with Gasteiger partial charge in [-0.15, -0.1) is 0 Å². The van der Waals surface area contributed by atoms with E-state index in [1.54, 1.807) is 77.8 Å². The standard InChI is InChI=1S/C59H91N9O20/c1-13-32(6)47(40(83-11)25-44(72)68-23-17-20-38(68)52(84-12)33(7)54(77)63-34(8)48(73)35-18-15-14-16-19-35)66(9)56(79)45(30(2)3)65-55(78)46(31(4)5)67(10)59(82)85-28-36-24-37(64-42(70)27-61-41(69)26-62-43(71)29-86-60)21-22-39(36)87-58-51(76)49(74)50(75)53(88-58)57(80)81/h14-16,18-19,21-22,24,30-34,38,40,45-53,58,73-76H,13,17,20,23,25-29,60H2,1-12H3,(H,61,69)(H,62,71)(H,63,77)(H,64,70)(H,65,78)(H,80,81)/t32-,33+,34+,38-,40+,45-,46-,47-,48+,49?,50?,51?,52+,53?,58?/m0/s1. The smallest absolute Gasteiger partial charge is 0.410 e. The molecule has 4 rings (SSSR count). The van der Waals surface area contributed by atoms with Crippen LogP contribution in [0.2, 0.25) is 0 Å². The first kappa shape index (κ1) is 73.4. The number of likely N-dealkylation sites (N-methyl/N-ethyl adjacent to an activating group) is 2. The number of amides is 8. The Balaban J connectivity index is 1.51. The van der Waals surface area contributed by atoms with E-state index in [1.165, 1.54) is 44.4 Å². The minimum Gasteiger partial charge on any atom is -0.479 e. The molecule has 0 spiro atoms. The number of rotatable bonds is 32. The van der Waals surface area contributed by atoms with Crippen molar-refractivity contribution in [3.63, 3.8) is 0 Å². The molecular formula is C59H91N9O20. The predicted molar refractivity (Wildman–Crippen MR) is 315 cm³/mol. The number of ether oxygens (including phenoxy) is 5. The third kappa shape index (κ3) is 19.7. The van der Waals surface area contributed by atoms with E-state index in [0.717, 1.165) is 4.90 Å². The Bertz CT molecular complexity index is 2670. The van der Waals surface area contributed by atoms with E-state index in [-0.39, 0.29) is 41.2 Å². The molecule has 8 amide bonds. The number of hydrogen-bond donors (Lipinski definition) is 11. The molecule has 15 atom stereocenters. The van der Waals surface area contributed by atoms with Gasteiger partial charge in [0.25, 0.3) is 0 Å². The van der Waals surface area contributed by atoms with Gasteiger partial charge in [0.05, 0.1) is 61.9 Å². The highest BCUT2D eigenvalue weighted by Gasteiger charge is 2.49. The number of carbonyl (C=O) groups is 9. The van der Waals surface area contributed by atoms with Crippen LogP contribution in [-0.2, 0) is 68.7 Å². The van der Waals surface area contributed by atoms with Gasteiger partial charge in [0.1, 0.15) is 49.4 Å². The molecule has 29 nitrogen and oxygen atoms in total. The molecule has 12 N–H and O–H groups in total. The van der Waals surface area contributed by atoms with Crippen molar-refractivity contribution in [1.29, 1.82) is 0 Å². The van der Waals surface area contributed by atoms with Crippen LogP contribution in [0.5, 0.6) is 5.75 Å². The van der Waals surface area contributed by atoms with Crippen LogP contribution in [0.4, 0.5) is 10.5 Å². The van der Waals surface area contributed by atoms with Crippen molar-refractivity contribution >= 4 is 59.1 Å². The van der Waals surface area contributed by atoms with Crippen LogP contribution in [0.25, 0.3) is 0 Å². The van der Waals surface area contributed by atoms with Gasteiger partial charge in [-0.1, -0.05) is 85.2 Å². The van der Waals surface area contributed by atoms with E-state index >= 15 is 0 Å². The van der Waals surface area contributed by atoms with Crippen molar-refractivity contribution in [2.45, 2.75) is 167 Å². The zero-order valence-corrected chi connectivity index (χ0v) is 52.1. The molecule has 492 valence electrons. The topological polar surface area (TPSA) is 406 Å². The lowest BCUT2D eigenvalue weighted by Gasteiger charge is -2.41. The molecular weight excluding hydrogens is 1150 g/mol. The van der Waals surface area contributed by atoms with Crippen LogP contribution < -0.4 is 37.2 Å². The Kier molecular flexibility index (Phi) is 28.9. The Hall–Kier alpha value is -7.09. The number of carbonyl (C=O) groups excluding carboxylic acids is 8. The Morgan fingerprint density at radius 1 is 0.795 bits per heavy atom. The summed E-state index contributed by atoms with van der Waals surface area (Å²) in [5.74, 6) is -3.19. The third-order valence-electron chi connectivity index (χ3n) is 15.9. The predicted octanol–water partition coefficient (Wildman–Crippen LogP) is -0.0888. The Morgan fingerprint density at radius 3 is 2.03 bits per heavy atom. The molecule has 2 aromatic carbocycles. The fourth-order valence-electron chi connectivity index (χ4n) is 10.8. The van der Waals surface area contributed by atoms with E-state index in [1.807, 2.05) is 19.9 Å². The van der Waals surface area contributed by atoms with Crippen LogP contribution in [0.1, 0.15) is 98.3 Å². The number of aliphatic carboxylic acids is 1. The summed E-state index contributed by atoms with van der Waals surface area (Å²) in [4.78, 5) is 129. The SMILES string of the molecule is CC[C@H](C)[C@@H]([C@@H](CC(=O)N1CCC[C@H]1[C@H](OC)[C@@H](C)C(=O)N[C@H](C)[C@@H](O)c1ccccc1)OC)N(C)C(=O)[C@@H](NC(=O)[C@H](C(C)C)N(C)C(=O)OCc1cc(NC(=O)CNC(=O)CNC(=O)CON)ccc1OC1OC(C(=O)O)C(O)C(O)C1O)C(C)C. The highest BCUT2D eigenvalue weighted by molar-refractivity contribution is 5.95. The van der Waals surface area contributed by atoms with Crippen molar-refractivity contribution < 1.29 is 97.2 Å². The Labute approximate surface area is 512 Å². The zero-order valence-electron chi connectivity index (χ0n) is 52.1. The molecule has 2 heterocycles. The molecule has 0 aromatic heterocycles. The molecule has 2 aromatic rings. The third-order valence-corrected chi connectivity index (χ3v) is 15.9. The number of nitrogens with zero attached hydrogens (tertiary/aromatic N) is 3. The normalized spacial score (nSPS) is 21.5. The number of nitrogens with one attached hydrogen (secondary N) is 5. The van der Waals surface area contributed by atoms with Crippen molar-refractivity contribution in [3.8, 4) is 5.75 Å². The highest BCUT2D eigenvalue weighted by Crippen LogP contribution is 2.32. The van der Waals surface area contributed by atoms with Crippen molar-refractivity contribution in [1.82, 2.24) is 36.0 Å². The van der Waals surface area contributed by atoms with E-state index in [2.05, 4.69) is 31.4 Å². The van der Waals surface area contributed by atoms with Gasteiger partial charge >= 0.3 is 12.1 Å². The lowest BCUT2D eigenvalue weighted by atomic mass is 9.89. The van der Waals surface area contributed by atoms with E-state index < -0.39 is 165 Å². The second-order valence-corrected chi connectivity index (χ2v) is 22.9. The van der Waals surface area contributed by atoms with Gasteiger partial charge in [-0.25, -0.2) is 15.5 Å². The molecule has 5 unspecified atom stereocenters. The number of nitrogens with two attached hydrogens (primary N) is 1. The van der Waals surface area contributed by atoms with Gasteiger partial charge < -0.3 is 85.6 Å². The highest BCUT2D eigenvalue weighted by atomic mass is 16.7. The number of anilines is 1. The summed E-state index contributed by atoms with van der Waals surface area (Å²) < 4.78 is 28.8. The molecule has 29 heteroatoms. The van der Waals surface area contributed by atoms with Crippen LogP contribution in [0, 0.1) is 23.7 Å². The van der Waals surface area contributed by atoms with Gasteiger partial charge in [0.15, 0.2) is 6.10 Å². The molecule has 2 aliphatic heterocycles. The fraction of sp³-hybridized carbons (Fsp3) is 0.644. The number of likely N-dealkylation sites (tertiary alicyclic amines) is 1. The first-order valence-corrected chi connectivity index (χ1v) is 29.3. The summed E-state index contributed by atoms with van der Waals surface area (Å²) in [6.45, 7) is 12.2. The van der Waals surface area contributed by atoms with Crippen LogP contribution in [0.15, 0.2) is 48.5 Å². The monoisotopic (exact) mass is 1250 g/mol. The van der Waals surface area contributed by atoms with E-state index in [0.29, 0.717) is 31.4 Å². The Morgan fingerprint density at radius 2 is 1.44 bits per heavy atom. The molecule has 0 aliphatic carbocycles. The second kappa shape index (κ2) is 34.6. The zero-order chi connectivity index (χ0) is 65.9. The summed E-state index contributed by atoms with van der Waals surface area (Å²) in [5, 5.41) is 64.9. The summed E-state index contributed by atoms with van der Waals surface area (Å²) in [7, 11) is 5.82. The lowest BCUT2D eigenvalue weighted by molar-refractivity contribution is -0.271. The summed E-state index contributed by atoms with van der Waals surface area (Å²) in [5.41, 5.74) is 0.630. The first-order chi connectivity index (χ1) is 41.5. The molecule has 0 radical (unpaired) electrons. The first-order valence-electron chi connectivity index (χ1n) is 29.3. The molecule has 0 saturated carbocycles. The largest absolute Gasteiger partial charge is 0.479 e. The number of benzene rings is 2. The number of carboxylic acid groups (broad SMARTS) is 1. The van der Waals surface area contributed by atoms with Gasteiger partial charge in [-0.3, -0.25) is 43.3 Å². The number of carboxylic acids is 1. The van der Waals surface area contributed by atoms with Crippen molar-refractivity contribution in [2.75, 3.05) is 59.9 Å². The van der Waals surface area contributed by atoms with Gasteiger partial charge in [0, 0.05) is 46.1 Å². The van der Waals surface area contributed by atoms with Crippen LogP contribution >= 0.6 is 0 Å². The summed E-state index contributed by atoms with van der Waals surface area (Å²) in [6.07, 6.45) is -12.0. The molecule has 2 saturated heterocycles. The van der Waals surface area contributed by atoms with Gasteiger partial charge in [0.2, 0.25) is 47.6 Å². The average Bonchev–Trinajstić information content (AvgIpc) is 4.14. The van der Waals surface area contributed by atoms with E-state index in [9.17, 15) is 68.7 Å². The van der Waals surface area contributed by atoms with Crippen LogP contribution in [0.3, 0.4) is 0 Å². The van der Waals surface area contributed by atoms with Crippen molar-refractivity contribution in [3.05, 3.63) is 59.7 Å². The lowest BCUT2D eigenvalue weighted by Crippen LogP contribution is -2.61. The fourth-order valence-corrected chi connectivity index (χ4v) is 10.8. The molecule has 88 heavy (non-hydrogen) atoms. The maximum Gasteiger partial charge on any atom is 0.410 e. The van der Waals surface area contributed by atoms with Gasteiger partial charge in [-0.05, 0) is 61.3 Å². The van der Waals surface area contributed by atoms with Gasteiger partial charge in [-0.2, -0.15) is 0 Å². The summed E-state index contributed by atoms with van der Waals surface area (Å²) >= 11 is 0. The maximum absolute atomic E-state index is 14.9. The molecule has 0 bridgehead atoms. The number of methoxy groups -OCH3 is 2. The van der Waals surface area contributed by atoms with Crippen LogP contribution in [-0.4, -0.2) is 221 Å². The maximum atomic E-state index is 14.9. The second-order valence-electron chi connectivity index (χ2n) is 22.9. The number of aliphatic hydroxyl groups is 4. The molecule has 2 fully saturated rings. The minimum absolute atomic E-state index is 0.0350. The van der Waals surface area contributed by atoms with E-state index in [4.69, 9.17) is 29.6 Å². The number of aliphatic hydroxyl groups excluding tert-OH is 4. The molecule has 2 aliphatic rings. The summed E-state index contributed by atoms with van der Waals surface area (Å²) in [6, 6.07) is 8.50. The number of hydrogen-bond acceptors (Lipinski definition) is 20.